The van der Waals surface area contributed by atoms with Gasteiger partial charge in [-0.1, -0.05) is 20.8 Å². The van der Waals surface area contributed by atoms with E-state index in [9.17, 15) is 5.11 Å². The fourth-order valence-electron chi connectivity index (χ4n) is 0.991. The molecule has 0 aromatic rings. The van der Waals surface area contributed by atoms with Crippen LogP contribution in [0.5, 0.6) is 0 Å². The first-order valence-electron chi connectivity index (χ1n) is 4.34. The molecule has 1 aliphatic carbocycles. The lowest BCUT2D eigenvalue weighted by atomic mass is 9.97. The fourth-order valence-corrected chi connectivity index (χ4v) is 0.991. The Balaban J connectivity index is 2.05. The van der Waals surface area contributed by atoms with Crippen molar-refractivity contribution in [3.05, 3.63) is 0 Å². The standard InChI is InChI=1S/C9H19NO/c1-8(2,3)6-10-7-9(11)4-5-9/h10-11H,4-7H2,1-3H3. The molecule has 0 spiro atoms. The lowest BCUT2D eigenvalue weighted by Crippen LogP contribution is -2.34. The van der Waals surface area contributed by atoms with Gasteiger partial charge in [-0.05, 0) is 18.3 Å². The van der Waals surface area contributed by atoms with Crippen molar-refractivity contribution < 1.29 is 5.11 Å². The van der Waals surface area contributed by atoms with Gasteiger partial charge in [0.25, 0.3) is 0 Å². The van der Waals surface area contributed by atoms with Crippen LogP contribution in [-0.2, 0) is 0 Å². The Morgan fingerprint density at radius 2 is 1.91 bits per heavy atom. The molecule has 0 amide bonds. The molecule has 1 aliphatic rings. The number of hydrogen-bond acceptors (Lipinski definition) is 2. The van der Waals surface area contributed by atoms with Crippen molar-refractivity contribution in [2.45, 2.75) is 39.2 Å². The van der Waals surface area contributed by atoms with E-state index in [2.05, 4.69) is 26.1 Å². The van der Waals surface area contributed by atoms with E-state index in [1.807, 2.05) is 0 Å². The van der Waals surface area contributed by atoms with Crippen molar-refractivity contribution in [2.75, 3.05) is 13.1 Å². The summed E-state index contributed by atoms with van der Waals surface area (Å²) in [5.41, 5.74) is -0.0174. The van der Waals surface area contributed by atoms with Crippen LogP contribution in [0.15, 0.2) is 0 Å². The highest BCUT2D eigenvalue weighted by atomic mass is 16.3. The zero-order chi connectivity index (χ0) is 8.54. The first-order valence-corrected chi connectivity index (χ1v) is 4.34. The molecule has 1 rings (SSSR count). The van der Waals surface area contributed by atoms with E-state index in [4.69, 9.17) is 0 Å². The highest BCUT2D eigenvalue weighted by molar-refractivity contribution is 4.95. The maximum Gasteiger partial charge on any atom is 0.0773 e. The zero-order valence-corrected chi connectivity index (χ0v) is 7.78. The second-order valence-corrected chi connectivity index (χ2v) is 4.89. The van der Waals surface area contributed by atoms with Gasteiger partial charge in [0, 0.05) is 13.1 Å². The highest BCUT2D eigenvalue weighted by Gasteiger charge is 2.39. The van der Waals surface area contributed by atoms with Crippen LogP contribution in [0, 0.1) is 5.41 Å². The van der Waals surface area contributed by atoms with Crippen LogP contribution in [0.1, 0.15) is 33.6 Å². The molecule has 66 valence electrons. The van der Waals surface area contributed by atoms with Gasteiger partial charge in [-0.25, -0.2) is 0 Å². The second kappa shape index (κ2) is 2.76. The average molecular weight is 157 g/mol. The van der Waals surface area contributed by atoms with Crippen LogP contribution < -0.4 is 5.32 Å². The average Bonchev–Trinajstić information content (AvgIpc) is 2.44. The van der Waals surface area contributed by atoms with Crippen molar-refractivity contribution in [3.8, 4) is 0 Å². The predicted octanol–water partition coefficient (Wildman–Crippen LogP) is 1.15. The van der Waals surface area contributed by atoms with Crippen molar-refractivity contribution >= 4 is 0 Å². The maximum absolute atomic E-state index is 9.46. The molecular weight excluding hydrogens is 138 g/mol. The summed E-state index contributed by atoms with van der Waals surface area (Å²) >= 11 is 0. The van der Waals surface area contributed by atoms with E-state index in [1.54, 1.807) is 0 Å². The third-order valence-electron chi connectivity index (χ3n) is 1.94. The van der Waals surface area contributed by atoms with Gasteiger partial charge >= 0.3 is 0 Å². The van der Waals surface area contributed by atoms with Gasteiger partial charge in [-0.2, -0.15) is 0 Å². The van der Waals surface area contributed by atoms with E-state index in [0.717, 1.165) is 25.9 Å². The van der Waals surface area contributed by atoms with Crippen molar-refractivity contribution in [3.63, 3.8) is 0 Å². The molecule has 0 aromatic heterocycles. The molecule has 0 heterocycles. The van der Waals surface area contributed by atoms with E-state index in [0.29, 0.717) is 5.41 Å². The lowest BCUT2D eigenvalue weighted by molar-refractivity contribution is 0.144. The van der Waals surface area contributed by atoms with E-state index >= 15 is 0 Å². The van der Waals surface area contributed by atoms with Crippen LogP contribution in [-0.4, -0.2) is 23.8 Å². The molecule has 0 unspecified atom stereocenters. The van der Waals surface area contributed by atoms with Crippen molar-refractivity contribution in [2.24, 2.45) is 5.41 Å². The minimum atomic E-state index is -0.342. The third-order valence-corrected chi connectivity index (χ3v) is 1.94. The molecule has 0 saturated heterocycles. The molecule has 0 radical (unpaired) electrons. The minimum absolute atomic E-state index is 0.325. The molecular formula is C9H19NO. The molecule has 1 fully saturated rings. The Morgan fingerprint density at radius 1 is 1.36 bits per heavy atom. The second-order valence-electron chi connectivity index (χ2n) is 4.89. The van der Waals surface area contributed by atoms with Gasteiger partial charge in [0.05, 0.1) is 5.60 Å². The number of aliphatic hydroxyl groups is 1. The van der Waals surface area contributed by atoms with E-state index < -0.39 is 0 Å². The summed E-state index contributed by atoms with van der Waals surface area (Å²) in [5, 5.41) is 12.7. The number of rotatable bonds is 3. The summed E-state index contributed by atoms with van der Waals surface area (Å²) < 4.78 is 0. The molecule has 2 heteroatoms. The molecule has 0 aromatic carbocycles. The van der Waals surface area contributed by atoms with E-state index in [1.165, 1.54) is 0 Å². The van der Waals surface area contributed by atoms with Gasteiger partial charge in [0.2, 0.25) is 0 Å². The lowest BCUT2D eigenvalue weighted by Gasteiger charge is -2.20. The molecule has 2 N–H and O–H groups in total. The van der Waals surface area contributed by atoms with Crippen LogP contribution in [0.3, 0.4) is 0 Å². The number of nitrogens with one attached hydrogen (secondary N) is 1. The van der Waals surface area contributed by atoms with Gasteiger partial charge in [-0.3, -0.25) is 0 Å². The molecule has 1 saturated carbocycles. The molecule has 0 bridgehead atoms. The predicted molar refractivity (Wildman–Crippen MR) is 46.5 cm³/mol. The highest BCUT2D eigenvalue weighted by Crippen LogP contribution is 2.34. The Hall–Kier alpha value is -0.0800. The van der Waals surface area contributed by atoms with Crippen molar-refractivity contribution in [1.29, 1.82) is 0 Å². The Labute approximate surface area is 69.0 Å². The van der Waals surface area contributed by atoms with Crippen LogP contribution in [0.2, 0.25) is 0 Å². The van der Waals surface area contributed by atoms with Crippen LogP contribution in [0.25, 0.3) is 0 Å². The third kappa shape index (κ3) is 3.73. The summed E-state index contributed by atoms with van der Waals surface area (Å²) in [6, 6.07) is 0. The van der Waals surface area contributed by atoms with Gasteiger partial charge < -0.3 is 10.4 Å². The summed E-state index contributed by atoms with van der Waals surface area (Å²) in [6.07, 6.45) is 1.95. The smallest absolute Gasteiger partial charge is 0.0773 e. The summed E-state index contributed by atoms with van der Waals surface area (Å²) in [5.74, 6) is 0. The van der Waals surface area contributed by atoms with Crippen LogP contribution in [0.4, 0.5) is 0 Å². The summed E-state index contributed by atoms with van der Waals surface area (Å²) in [4.78, 5) is 0. The summed E-state index contributed by atoms with van der Waals surface area (Å²) in [6.45, 7) is 8.32. The first-order chi connectivity index (χ1) is 4.91. The van der Waals surface area contributed by atoms with Crippen molar-refractivity contribution in [1.82, 2.24) is 5.32 Å². The Kier molecular flexibility index (Phi) is 2.26. The molecule has 2 nitrogen and oxygen atoms in total. The molecule has 0 aliphatic heterocycles. The van der Waals surface area contributed by atoms with Gasteiger partial charge in [0.15, 0.2) is 0 Å². The largest absolute Gasteiger partial charge is 0.389 e. The molecule has 11 heavy (non-hydrogen) atoms. The first kappa shape index (κ1) is 9.01. The maximum atomic E-state index is 9.46. The van der Waals surface area contributed by atoms with Gasteiger partial charge in [-0.15, -0.1) is 0 Å². The normalized spacial score (nSPS) is 21.8. The summed E-state index contributed by atoms with van der Waals surface area (Å²) in [7, 11) is 0. The number of hydrogen-bond donors (Lipinski definition) is 2. The quantitative estimate of drug-likeness (QED) is 0.644. The molecule has 0 atom stereocenters. The van der Waals surface area contributed by atoms with Gasteiger partial charge in [0.1, 0.15) is 0 Å². The van der Waals surface area contributed by atoms with Crippen LogP contribution >= 0.6 is 0 Å². The monoisotopic (exact) mass is 157 g/mol. The SMILES string of the molecule is CC(C)(C)CNCC1(O)CC1. The van der Waals surface area contributed by atoms with E-state index in [-0.39, 0.29) is 5.60 Å². The Bertz CT molecular complexity index is 128. The minimum Gasteiger partial charge on any atom is -0.389 e. The Morgan fingerprint density at radius 3 is 2.27 bits per heavy atom. The topological polar surface area (TPSA) is 32.3 Å². The zero-order valence-electron chi connectivity index (χ0n) is 7.78. The fraction of sp³-hybridized carbons (Fsp3) is 1.00.